The largest absolute Gasteiger partial charge is 0.327 e. The summed E-state index contributed by atoms with van der Waals surface area (Å²) in [5.74, 6) is 0.645. The van der Waals surface area contributed by atoms with E-state index < -0.39 is 0 Å². The highest BCUT2D eigenvalue weighted by Gasteiger charge is 2.06. The third-order valence-corrected chi connectivity index (χ3v) is 5.00. The van der Waals surface area contributed by atoms with Gasteiger partial charge < -0.3 is 5.73 Å². The van der Waals surface area contributed by atoms with Crippen molar-refractivity contribution in [3.63, 3.8) is 0 Å². The van der Waals surface area contributed by atoms with Gasteiger partial charge in [-0.25, -0.2) is 0 Å². The van der Waals surface area contributed by atoms with E-state index in [-0.39, 0.29) is 0 Å². The maximum Gasteiger partial charge on any atom is 0.00618 e. The van der Waals surface area contributed by atoms with Crippen molar-refractivity contribution in [3.8, 4) is 0 Å². The van der Waals surface area contributed by atoms with Crippen molar-refractivity contribution in [1.82, 2.24) is 0 Å². The highest BCUT2D eigenvalue weighted by molar-refractivity contribution is 4.64. The molecule has 1 unspecified atom stereocenters. The van der Waals surface area contributed by atoms with Gasteiger partial charge in [0.15, 0.2) is 0 Å². The number of rotatable bonds is 17. The van der Waals surface area contributed by atoms with Crippen molar-refractivity contribution < 1.29 is 0 Å². The highest BCUT2D eigenvalue weighted by atomic mass is 14.6. The Morgan fingerprint density at radius 3 is 1.18 bits per heavy atom. The number of hydrogen-bond acceptors (Lipinski definition) is 1. The van der Waals surface area contributed by atoms with Crippen LogP contribution in [0.3, 0.4) is 0 Å². The van der Waals surface area contributed by atoms with Gasteiger partial charge in [0.05, 0.1) is 0 Å². The summed E-state index contributed by atoms with van der Waals surface area (Å²) in [6, 6.07) is 0.418. The van der Waals surface area contributed by atoms with Gasteiger partial charge in [0.2, 0.25) is 0 Å². The minimum Gasteiger partial charge on any atom is -0.327 e. The van der Waals surface area contributed by atoms with Crippen LogP contribution in [0.15, 0.2) is 0 Å². The monoisotopic (exact) mass is 311 g/mol. The average Bonchev–Trinajstić information content (AvgIpc) is 2.50. The zero-order chi connectivity index (χ0) is 16.5. The maximum atomic E-state index is 6.07. The number of unbranched alkanes of at least 4 members (excludes halogenated alkanes) is 14. The smallest absolute Gasteiger partial charge is 0.00618 e. The van der Waals surface area contributed by atoms with Crippen LogP contribution in [0.4, 0.5) is 0 Å². The molecule has 2 N–H and O–H groups in total. The van der Waals surface area contributed by atoms with Crippen molar-refractivity contribution in [2.45, 2.75) is 130 Å². The van der Waals surface area contributed by atoms with E-state index >= 15 is 0 Å². The maximum absolute atomic E-state index is 6.07. The fourth-order valence-corrected chi connectivity index (χ4v) is 3.08. The second-order valence-corrected chi connectivity index (χ2v) is 7.65. The molecule has 0 saturated heterocycles. The molecule has 1 atom stereocenters. The molecule has 0 radical (unpaired) electrons. The summed E-state index contributed by atoms with van der Waals surface area (Å²) in [6.45, 7) is 6.76. The van der Waals surface area contributed by atoms with E-state index in [1.807, 2.05) is 0 Å². The molecule has 134 valence electrons. The Hall–Kier alpha value is -0.0400. The quantitative estimate of drug-likeness (QED) is 0.282. The van der Waals surface area contributed by atoms with Gasteiger partial charge in [-0.15, -0.1) is 0 Å². The molecule has 0 heterocycles. The lowest BCUT2D eigenvalue weighted by Crippen LogP contribution is -2.25. The molecule has 0 aliphatic carbocycles. The summed E-state index contributed by atoms with van der Waals surface area (Å²) in [7, 11) is 0. The highest BCUT2D eigenvalue weighted by Crippen LogP contribution is 2.14. The molecule has 0 fully saturated rings. The molecule has 1 nitrogen and oxygen atoms in total. The zero-order valence-corrected chi connectivity index (χ0v) is 16.0. The molecule has 0 aromatic carbocycles. The second kappa shape index (κ2) is 17.3. The van der Waals surface area contributed by atoms with Gasteiger partial charge in [-0.05, 0) is 12.3 Å². The second-order valence-electron chi connectivity index (χ2n) is 7.65. The fourth-order valence-electron chi connectivity index (χ4n) is 3.08. The van der Waals surface area contributed by atoms with Gasteiger partial charge in [-0.1, -0.05) is 117 Å². The van der Waals surface area contributed by atoms with Crippen LogP contribution < -0.4 is 5.73 Å². The van der Waals surface area contributed by atoms with E-state index in [0.717, 1.165) is 0 Å². The average molecular weight is 312 g/mol. The van der Waals surface area contributed by atoms with E-state index in [1.165, 1.54) is 103 Å². The molecule has 0 rings (SSSR count). The van der Waals surface area contributed by atoms with Crippen LogP contribution in [0.1, 0.15) is 124 Å². The normalized spacial score (nSPS) is 13.0. The molecule has 1 heteroatoms. The van der Waals surface area contributed by atoms with Crippen LogP contribution in [0, 0.1) is 5.92 Å². The Morgan fingerprint density at radius 1 is 0.545 bits per heavy atom. The van der Waals surface area contributed by atoms with Gasteiger partial charge in [0.1, 0.15) is 0 Å². The Bertz CT molecular complexity index is 200. The molecular formula is C21H45N. The standard InChI is InChI=1S/C21H45N/c1-4-5-6-7-8-9-10-11-12-13-14-15-16-17-18-19-21(22)20(2)3/h20-21H,4-19,22H2,1-3H3. The summed E-state index contributed by atoms with van der Waals surface area (Å²) >= 11 is 0. The number of hydrogen-bond donors (Lipinski definition) is 1. The van der Waals surface area contributed by atoms with Gasteiger partial charge in [0, 0.05) is 6.04 Å². The van der Waals surface area contributed by atoms with E-state index in [2.05, 4.69) is 20.8 Å². The van der Waals surface area contributed by atoms with Crippen molar-refractivity contribution in [2.24, 2.45) is 11.7 Å². The predicted octanol–water partition coefficient (Wildman–Crippen LogP) is 7.23. The van der Waals surface area contributed by atoms with Crippen LogP contribution in [0.2, 0.25) is 0 Å². The summed E-state index contributed by atoms with van der Waals surface area (Å²) < 4.78 is 0. The SMILES string of the molecule is CCCCCCCCCCCCCCCCCC(N)C(C)C. The van der Waals surface area contributed by atoms with Crippen LogP contribution in [-0.4, -0.2) is 6.04 Å². The molecule has 0 amide bonds. The fraction of sp³-hybridized carbons (Fsp3) is 1.00. The van der Waals surface area contributed by atoms with Gasteiger partial charge >= 0.3 is 0 Å². The van der Waals surface area contributed by atoms with Crippen molar-refractivity contribution >= 4 is 0 Å². The Balaban J connectivity index is 3.03. The summed E-state index contributed by atoms with van der Waals surface area (Å²) in [4.78, 5) is 0. The Kier molecular flexibility index (Phi) is 17.3. The van der Waals surface area contributed by atoms with E-state index in [1.54, 1.807) is 0 Å². The third kappa shape index (κ3) is 16.3. The lowest BCUT2D eigenvalue weighted by Gasteiger charge is -2.14. The molecular weight excluding hydrogens is 266 g/mol. The van der Waals surface area contributed by atoms with Crippen LogP contribution >= 0.6 is 0 Å². The minimum absolute atomic E-state index is 0.418. The van der Waals surface area contributed by atoms with E-state index in [4.69, 9.17) is 5.73 Å². The van der Waals surface area contributed by atoms with E-state index in [9.17, 15) is 0 Å². The van der Waals surface area contributed by atoms with Crippen LogP contribution in [-0.2, 0) is 0 Å². The molecule has 0 bridgehead atoms. The predicted molar refractivity (Wildman–Crippen MR) is 102 cm³/mol. The molecule has 0 aliphatic heterocycles. The summed E-state index contributed by atoms with van der Waals surface area (Å²) in [6.07, 6.45) is 22.8. The van der Waals surface area contributed by atoms with E-state index in [0.29, 0.717) is 12.0 Å². The first kappa shape index (κ1) is 22.0. The third-order valence-electron chi connectivity index (χ3n) is 5.00. The Labute approximate surface area is 141 Å². The summed E-state index contributed by atoms with van der Waals surface area (Å²) in [5.41, 5.74) is 6.07. The molecule has 0 saturated carbocycles. The topological polar surface area (TPSA) is 26.0 Å². The van der Waals surface area contributed by atoms with Crippen LogP contribution in [0.25, 0.3) is 0 Å². The Morgan fingerprint density at radius 2 is 0.864 bits per heavy atom. The summed E-state index contributed by atoms with van der Waals surface area (Å²) in [5, 5.41) is 0. The van der Waals surface area contributed by atoms with Gasteiger partial charge in [-0.2, -0.15) is 0 Å². The van der Waals surface area contributed by atoms with Crippen molar-refractivity contribution in [1.29, 1.82) is 0 Å². The lowest BCUT2D eigenvalue weighted by atomic mass is 9.98. The molecule has 22 heavy (non-hydrogen) atoms. The van der Waals surface area contributed by atoms with Crippen LogP contribution in [0.5, 0.6) is 0 Å². The van der Waals surface area contributed by atoms with Gasteiger partial charge in [-0.3, -0.25) is 0 Å². The van der Waals surface area contributed by atoms with Gasteiger partial charge in [0.25, 0.3) is 0 Å². The first-order valence-electron chi connectivity index (χ1n) is 10.4. The lowest BCUT2D eigenvalue weighted by molar-refractivity contribution is 0.438. The molecule has 0 aliphatic rings. The zero-order valence-electron chi connectivity index (χ0n) is 16.0. The van der Waals surface area contributed by atoms with Crippen molar-refractivity contribution in [3.05, 3.63) is 0 Å². The molecule has 0 aromatic heterocycles. The number of nitrogens with two attached hydrogens (primary N) is 1. The first-order valence-corrected chi connectivity index (χ1v) is 10.4. The molecule has 0 spiro atoms. The van der Waals surface area contributed by atoms with Crippen molar-refractivity contribution in [2.75, 3.05) is 0 Å². The minimum atomic E-state index is 0.418. The first-order chi connectivity index (χ1) is 10.7. The molecule has 0 aromatic rings.